The van der Waals surface area contributed by atoms with Gasteiger partial charge < -0.3 is 19.3 Å². The third-order valence-corrected chi connectivity index (χ3v) is 5.19. The molecule has 25 heavy (non-hydrogen) atoms. The number of thiophene rings is 1. The molecule has 132 valence electrons. The van der Waals surface area contributed by atoms with Crippen LogP contribution in [0.2, 0.25) is 0 Å². The zero-order valence-corrected chi connectivity index (χ0v) is 14.1. The van der Waals surface area contributed by atoms with Crippen molar-refractivity contribution >= 4 is 35.0 Å². The zero-order chi connectivity index (χ0) is 18.4. The Morgan fingerprint density at radius 3 is 2.64 bits per heavy atom. The molecule has 2 aliphatic rings. The van der Waals surface area contributed by atoms with Gasteiger partial charge in [-0.2, -0.15) is 0 Å². The fourth-order valence-electron chi connectivity index (χ4n) is 3.12. The van der Waals surface area contributed by atoms with E-state index in [4.69, 9.17) is 9.47 Å². The van der Waals surface area contributed by atoms with Crippen LogP contribution in [0.4, 0.5) is 0 Å². The summed E-state index contributed by atoms with van der Waals surface area (Å²) in [5, 5.41) is 12.2. The third kappa shape index (κ3) is 2.65. The van der Waals surface area contributed by atoms with Gasteiger partial charge >= 0.3 is 17.9 Å². The Bertz CT molecular complexity index is 776. The quantitative estimate of drug-likeness (QED) is 0.606. The lowest BCUT2D eigenvalue weighted by Crippen LogP contribution is -2.44. The molecule has 1 aliphatic heterocycles. The van der Waals surface area contributed by atoms with Crippen LogP contribution in [0.25, 0.3) is 0 Å². The molecule has 0 spiro atoms. The summed E-state index contributed by atoms with van der Waals surface area (Å²) in [7, 11) is 1.12. The molecule has 0 bridgehead atoms. The van der Waals surface area contributed by atoms with Gasteiger partial charge in [0.25, 0.3) is 0 Å². The number of Topliss-reactive ketones (excluding diaryl/α,β-unsaturated/α-hetero) is 1. The first-order valence-corrected chi connectivity index (χ1v) is 8.17. The monoisotopic (exact) mass is 366 g/mol. The Balaban J connectivity index is 2.01. The highest BCUT2D eigenvalue weighted by atomic mass is 32.1. The number of ketones is 1. The van der Waals surface area contributed by atoms with Crippen molar-refractivity contribution in [1.82, 2.24) is 0 Å². The average molecular weight is 366 g/mol. The summed E-state index contributed by atoms with van der Waals surface area (Å²) in [4.78, 5) is 49.1. The van der Waals surface area contributed by atoms with Gasteiger partial charge in [-0.05, 0) is 18.4 Å². The molecule has 1 aliphatic carbocycles. The van der Waals surface area contributed by atoms with Crippen LogP contribution < -0.4 is 0 Å². The predicted octanol–water partition coefficient (Wildman–Crippen LogP) is 0.453. The van der Waals surface area contributed by atoms with E-state index >= 15 is 0 Å². The Kier molecular flexibility index (Phi) is 4.21. The highest BCUT2D eigenvalue weighted by molar-refractivity contribution is 7.11. The maximum Gasteiger partial charge on any atom is 0.349 e. The van der Waals surface area contributed by atoms with E-state index in [0.29, 0.717) is 0 Å². The summed E-state index contributed by atoms with van der Waals surface area (Å²) >= 11 is 1.11. The number of fused-ring (bicyclic) bond motifs is 1. The minimum absolute atomic E-state index is 0.151. The van der Waals surface area contributed by atoms with E-state index in [9.17, 15) is 24.3 Å². The Hall–Kier alpha value is -2.52. The van der Waals surface area contributed by atoms with Crippen LogP contribution in [0, 0.1) is 11.8 Å². The number of carbonyl (C=O) groups is 4. The standard InChI is InChI=1S/C16H14O8S/c1-16(21)10-9(7(13(18)22-2)6-23-15(10)20)11(12(16)17)24-14(19)8-4-3-5-25-8/h3-6,9-11,21H,1-2H3/t9-,10-,11+,16-/m1/s1. The van der Waals surface area contributed by atoms with E-state index in [2.05, 4.69) is 4.74 Å². The molecule has 0 unspecified atom stereocenters. The van der Waals surface area contributed by atoms with Crippen molar-refractivity contribution < 1.29 is 38.5 Å². The van der Waals surface area contributed by atoms with Crippen LogP contribution in [0.15, 0.2) is 29.3 Å². The molecule has 0 aromatic carbocycles. The number of methoxy groups -OCH3 is 1. The highest BCUT2D eigenvalue weighted by Crippen LogP contribution is 2.46. The number of rotatable bonds is 3. The second-order valence-corrected chi connectivity index (χ2v) is 6.77. The molecule has 1 aromatic heterocycles. The van der Waals surface area contributed by atoms with Gasteiger partial charge in [-0.3, -0.25) is 9.59 Å². The summed E-state index contributed by atoms with van der Waals surface area (Å²) < 4.78 is 14.7. The first-order valence-electron chi connectivity index (χ1n) is 7.29. The lowest BCUT2D eigenvalue weighted by atomic mass is 9.81. The average Bonchev–Trinajstić information content (AvgIpc) is 3.17. The third-order valence-electron chi connectivity index (χ3n) is 4.34. The number of esters is 3. The maximum absolute atomic E-state index is 12.6. The van der Waals surface area contributed by atoms with Crippen molar-refractivity contribution in [3.63, 3.8) is 0 Å². The van der Waals surface area contributed by atoms with Crippen LogP contribution in [-0.4, -0.2) is 47.6 Å². The van der Waals surface area contributed by atoms with Gasteiger partial charge in [-0.15, -0.1) is 11.3 Å². The van der Waals surface area contributed by atoms with Gasteiger partial charge in [0.05, 0.1) is 18.6 Å². The number of hydrogen-bond donors (Lipinski definition) is 1. The topological polar surface area (TPSA) is 116 Å². The lowest BCUT2D eigenvalue weighted by Gasteiger charge is -2.29. The molecular formula is C16H14O8S. The minimum atomic E-state index is -2.14. The number of ether oxygens (including phenoxy) is 3. The predicted molar refractivity (Wildman–Crippen MR) is 82.3 cm³/mol. The van der Waals surface area contributed by atoms with Gasteiger partial charge in [0, 0.05) is 0 Å². The van der Waals surface area contributed by atoms with Crippen LogP contribution >= 0.6 is 11.3 Å². The van der Waals surface area contributed by atoms with Crippen molar-refractivity contribution in [3.05, 3.63) is 34.2 Å². The first-order chi connectivity index (χ1) is 11.8. The molecule has 1 aromatic rings. The molecular weight excluding hydrogens is 352 g/mol. The van der Waals surface area contributed by atoms with E-state index in [1.54, 1.807) is 11.4 Å². The number of hydrogen-bond acceptors (Lipinski definition) is 9. The first kappa shape index (κ1) is 17.3. The number of aliphatic hydroxyl groups is 1. The molecule has 0 amide bonds. The fraction of sp³-hybridized carbons (Fsp3) is 0.375. The van der Waals surface area contributed by atoms with Crippen LogP contribution in [0.5, 0.6) is 0 Å². The van der Waals surface area contributed by atoms with E-state index in [-0.39, 0.29) is 10.5 Å². The lowest BCUT2D eigenvalue weighted by molar-refractivity contribution is -0.158. The van der Waals surface area contributed by atoms with Gasteiger partial charge in [0.2, 0.25) is 5.78 Å². The largest absolute Gasteiger partial charge is 0.466 e. The van der Waals surface area contributed by atoms with Crippen LogP contribution in [0.3, 0.4) is 0 Å². The van der Waals surface area contributed by atoms with Crippen molar-refractivity contribution in [2.45, 2.75) is 18.6 Å². The smallest absolute Gasteiger partial charge is 0.349 e. The van der Waals surface area contributed by atoms with E-state index in [1.165, 1.54) is 6.07 Å². The van der Waals surface area contributed by atoms with Crippen LogP contribution in [0.1, 0.15) is 16.6 Å². The van der Waals surface area contributed by atoms with Gasteiger partial charge in [-0.25, -0.2) is 9.59 Å². The highest BCUT2D eigenvalue weighted by Gasteiger charge is 2.65. The van der Waals surface area contributed by atoms with Crippen molar-refractivity contribution in [2.75, 3.05) is 7.11 Å². The van der Waals surface area contributed by atoms with Crippen molar-refractivity contribution in [1.29, 1.82) is 0 Å². The molecule has 0 radical (unpaired) electrons. The summed E-state index contributed by atoms with van der Waals surface area (Å²) in [5.74, 6) is -5.94. The zero-order valence-electron chi connectivity index (χ0n) is 13.3. The summed E-state index contributed by atoms with van der Waals surface area (Å²) in [6.07, 6.45) is -0.636. The minimum Gasteiger partial charge on any atom is -0.466 e. The molecule has 4 atom stereocenters. The molecule has 3 rings (SSSR count). The van der Waals surface area contributed by atoms with Gasteiger partial charge in [0.15, 0.2) is 6.10 Å². The summed E-state index contributed by atoms with van der Waals surface area (Å²) in [5.41, 5.74) is -2.29. The fourth-order valence-corrected chi connectivity index (χ4v) is 3.72. The SMILES string of the molecule is COC(=O)C1=COC(=O)[C@H]2[C@@H]1[C@H](OC(=O)c1cccs1)C(=O)[C@]2(C)O. The van der Waals surface area contributed by atoms with Crippen molar-refractivity contribution in [3.8, 4) is 0 Å². The van der Waals surface area contributed by atoms with Gasteiger partial charge in [-0.1, -0.05) is 6.07 Å². The van der Waals surface area contributed by atoms with Crippen LogP contribution in [-0.2, 0) is 28.6 Å². The Morgan fingerprint density at radius 1 is 1.32 bits per heavy atom. The molecule has 1 N–H and O–H groups in total. The Labute approximate surface area is 146 Å². The second kappa shape index (κ2) is 6.08. The molecule has 8 nitrogen and oxygen atoms in total. The molecule has 9 heteroatoms. The maximum atomic E-state index is 12.6. The molecule has 1 fully saturated rings. The Morgan fingerprint density at radius 2 is 2.04 bits per heavy atom. The van der Waals surface area contributed by atoms with E-state index in [1.807, 2.05) is 0 Å². The van der Waals surface area contributed by atoms with Gasteiger partial charge in [0.1, 0.15) is 22.7 Å². The second-order valence-electron chi connectivity index (χ2n) is 5.82. The number of carbonyl (C=O) groups excluding carboxylic acids is 4. The van der Waals surface area contributed by atoms with E-state index < -0.39 is 47.2 Å². The van der Waals surface area contributed by atoms with E-state index in [0.717, 1.165) is 31.6 Å². The van der Waals surface area contributed by atoms with Crippen molar-refractivity contribution in [2.24, 2.45) is 11.8 Å². The normalized spacial score (nSPS) is 31.0. The molecule has 2 heterocycles. The number of cyclic esters (lactones) is 1. The summed E-state index contributed by atoms with van der Waals surface area (Å²) in [6.45, 7) is 1.13. The molecule has 1 saturated carbocycles. The molecule has 0 saturated heterocycles. The summed E-state index contributed by atoms with van der Waals surface area (Å²) in [6, 6.07) is 3.14.